The highest BCUT2D eigenvalue weighted by atomic mass is 16.6. The van der Waals surface area contributed by atoms with E-state index >= 15 is 0 Å². The number of fused-ring (bicyclic) bond motifs is 1. The maximum atomic E-state index is 12.3. The van der Waals surface area contributed by atoms with Crippen LogP contribution in [0.2, 0.25) is 0 Å². The number of methoxy groups -OCH3 is 1. The molecule has 5 heteroatoms. The summed E-state index contributed by atoms with van der Waals surface area (Å²) in [7, 11) is 1.53. The number of ether oxygens (including phenoxy) is 3. The third kappa shape index (κ3) is 2.76. The van der Waals surface area contributed by atoms with Crippen LogP contribution in [0, 0.1) is 0 Å². The quantitative estimate of drug-likeness (QED) is 0.942. The first-order valence-electron chi connectivity index (χ1n) is 6.62. The minimum atomic E-state index is -0.225. The molecule has 5 nitrogen and oxygen atoms in total. The van der Waals surface area contributed by atoms with Crippen molar-refractivity contribution in [2.75, 3.05) is 25.6 Å². The van der Waals surface area contributed by atoms with E-state index in [4.69, 9.17) is 14.2 Å². The topological polar surface area (TPSA) is 56.8 Å². The zero-order valence-electron chi connectivity index (χ0n) is 11.6. The van der Waals surface area contributed by atoms with Crippen LogP contribution in [0.3, 0.4) is 0 Å². The van der Waals surface area contributed by atoms with Gasteiger partial charge < -0.3 is 19.5 Å². The Labute approximate surface area is 122 Å². The second-order valence-corrected chi connectivity index (χ2v) is 4.52. The van der Waals surface area contributed by atoms with Gasteiger partial charge in [0.1, 0.15) is 13.2 Å². The van der Waals surface area contributed by atoms with E-state index in [9.17, 15) is 4.79 Å². The number of hydrogen-bond donors (Lipinski definition) is 1. The maximum Gasteiger partial charge on any atom is 0.255 e. The molecule has 1 N–H and O–H groups in total. The van der Waals surface area contributed by atoms with Gasteiger partial charge in [-0.1, -0.05) is 18.2 Å². The Hall–Kier alpha value is -2.69. The van der Waals surface area contributed by atoms with Crippen molar-refractivity contribution in [1.29, 1.82) is 0 Å². The number of benzene rings is 2. The normalized spacial score (nSPS) is 12.6. The van der Waals surface area contributed by atoms with Crippen LogP contribution < -0.4 is 19.5 Å². The molecule has 0 saturated carbocycles. The molecule has 0 saturated heterocycles. The van der Waals surface area contributed by atoms with Gasteiger partial charge >= 0.3 is 0 Å². The van der Waals surface area contributed by atoms with Crippen molar-refractivity contribution in [2.45, 2.75) is 0 Å². The fraction of sp³-hybridized carbons (Fsp3) is 0.188. The van der Waals surface area contributed by atoms with Gasteiger partial charge in [-0.05, 0) is 24.3 Å². The highest BCUT2D eigenvalue weighted by Gasteiger charge is 2.20. The summed E-state index contributed by atoms with van der Waals surface area (Å²) in [6.07, 6.45) is 0. The van der Waals surface area contributed by atoms with Gasteiger partial charge in [0.15, 0.2) is 11.5 Å². The van der Waals surface area contributed by atoms with E-state index in [0.29, 0.717) is 36.0 Å². The minimum Gasteiger partial charge on any atom is -0.493 e. The largest absolute Gasteiger partial charge is 0.493 e. The van der Waals surface area contributed by atoms with Crippen molar-refractivity contribution in [3.05, 3.63) is 48.0 Å². The molecule has 0 fully saturated rings. The van der Waals surface area contributed by atoms with Gasteiger partial charge in [0.05, 0.1) is 7.11 Å². The molecule has 1 amide bonds. The molecule has 0 radical (unpaired) electrons. The highest BCUT2D eigenvalue weighted by molar-refractivity contribution is 6.05. The predicted octanol–water partition coefficient (Wildman–Crippen LogP) is 2.72. The van der Waals surface area contributed by atoms with Crippen LogP contribution in [0.4, 0.5) is 5.69 Å². The smallest absolute Gasteiger partial charge is 0.255 e. The number of hydrogen-bond acceptors (Lipinski definition) is 4. The lowest BCUT2D eigenvalue weighted by atomic mass is 10.1. The summed E-state index contributed by atoms with van der Waals surface area (Å²) in [6.45, 7) is 0.929. The van der Waals surface area contributed by atoms with Gasteiger partial charge in [0.2, 0.25) is 5.75 Å². The van der Waals surface area contributed by atoms with Gasteiger partial charge in [0, 0.05) is 11.3 Å². The Morgan fingerprint density at radius 2 is 1.90 bits per heavy atom. The Balaban J connectivity index is 1.89. The Kier molecular flexibility index (Phi) is 3.64. The van der Waals surface area contributed by atoms with Gasteiger partial charge in [-0.15, -0.1) is 0 Å². The van der Waals surface area contributed by atoms with Crippen molar-refractivity contribution in [3.63, 3.8) is 0 Å². The molecule has 108 valence electrons. The lowest BCUT2D eigenvalue weighted by Crippen LogP contribution is -2.18. The summed E-state index contributed by atoms with van der Waals surface area (Å²) in [5, 5.41) is 2.83. The fourth-order valence-corrected chi connectivity index (χ4v) is 2.13. The predicted molar refractivity (Wildman–Crippen MR) is 78.4 cm³/mol. The molecule has 3 rings (SSSR count). The monoisotopic (exact) mass is 285 g/mol. The lowest BCUT2D eigenvalue weighted by molar-refractivity contribution is 0.102. The molecule has 0 bridgehead atoms. The van der Waals surface area contributed by atoms with E-state index in [2.05, 4.69) is 5.32 Å². The summed E-state index contributed by atoms with van der Waals surface area (Å²) in [6, 6.07) is 12.6. The number of rotatable bonds is 3. The van der Waals surface area contributed by atoms with Crippen molar-refractivity contribution in [3.8, 4) is 17.2 Å². The van der Waals surface area contributed by atoms with Crippen LogP contribution in [0.1, 0.15) is 10.4 Å². The van der Waals surface area contributed by atoms with Gasteiger partial charge in [-0.2, -0.15) is 0 Å². The summed E-state index contributed by atoms with van der Waals surface area (Å²) in [5.41, 5.74) is 1.19. The Morgan fingerprint density at radius 1 is 1.14 bits per heavy atom. The second kappa shape index (κ2) is 5.75. The van der Waals surface area contributed by atoms with E-state index in [1.165, 1.54) is 7.11 Å². The molecule has 0 unspecified atom stereocenters. The summed E-state index contributed by atoms with van der Waals surface area (Å²) in [4.78, 5) is 12.3. The van der Waals surface area contributed by atoms with E-state index in [1.807, 2.05) is 30.3 Å². The van der Waals surface area contributed by atoms with Crippen LogP contribution in [-0.2, 0) is 0 Å². The van der Waals surface area contributed by atoms with E-state index < -0.39 is 0 Å². The van der Waals surface area contributed by atoms with Crippen molar-refractivity contribution in [2.24, 2.45) is 0 Å². The third-order valence-corrected chi connectivity index (χ3v) is 3.12. The molecule has 0 aliphatic carbocycles. The molecular formula is C16H15NO4. The number of nitrogens with one attached hydrogen (secondary N) is 1. The average Bonchev–Trinajstić information content (AvgIpc) is 2.54. The lowest BCUT2D eigenvalue weighted by Gasteiger charge is -2.21. The number of anilines is 1. The molecule has 1 aliphatic heterocycles. The number of para-hydroxylation sites is 1. The summed E-state index contributed by atoms with van der Waals surface area (Å²) in [5.74, 6) is 1.33. The molecule has 2 aromatic rings. The van der Waals surface area contributed by atoms with Gasteiger partial charge in [-0.25, -0.2) is 0 Å². The molecule has 0 atom stereocenters. The van der Waals surface area contributed by atoms with Crippen LogP contribution in [-0.4, -0.2) is 26.2 Å². The average molecular weight is 285 g/mol. The van der Waals surface area contributed by atoms with Crippen molar-refractivity contribution < 1.29 is 19.0 Å². The van der Waals surface area contributed by atoms with Gasteiger partial charge in [0.25, 0.3) is 5.91 Å². The molecule has 0 aromatic heterocycles. The van der Waals surface area contributed by atoms with E-state index in [0.717, 1.165) is 5.69 Å². The zero-order chi connectivity index (χ0) is 14.7. The first kappa shape index (κ1) is 13.3. The SMILES string of the molecule is COc1cc(C(=O)Nc2ccccc2)cc2c1OCCO2. The van der Waals surface area contributed by atoms with Crippen LogP contribution in [0.15, 0.2) is 42.5 Å². The second-order valence-electron chi connectivity index (χ2n) is 4.52. The van der Waals surface area contributed by atoms with E-state index in [1.54, 1.807) is 12.1 Å². The van der Waals surface area contributed by atoms with Crippen molar-refractivity contribution in [1.82, 2.24) is 0 Å². The molecular weight excluding hydrogens is 270 g/mol. The highest BCUT2D eigenvalue weighted by Crippen LogP contribution is 2.40. The zero-order valence-corrected chi connectivity index (χ0v) is 11.6. The number of carbonyl (C=O) groups excluding carboxylic acids is 1. The Bertz CT molecular complexity index is 638. The fourth-order valence-electron chi connectivity index (χ4n) is 2.13. The summed E-state index contributed by atoms with van der Waals surface area (Å²) < 4.78 is 16.3. The first-order chi connectivity index (χ1) is 10.3. The van der Waals surface area contributed by atoms with Crippen LogP contribution >= 0.6 is 0 Å². The summed E-state index contributed by atoms with van der Waals surface area (Å²) >= 11 is 0. The molecule has 21 heavy (non-hydrogen) atoms. The van der Waals surface area contributed by atoms with E-state index in [-0.39, 0.29) is 5.91 Å². The van der Waals surface area contributed by atoms with Crippen LogP contribution in [0.25, 0.3) is 0 Å². The first-order valence-corrected chi connectivity index (χ1v) is 6.62. The van der Waals surface area contributed by atoms with Gasteiger partial charge in [-0.3, -0.25) is 4.79 Å². The molecule has 0 spiro atoms. The van der Waals surface area contributed by atoms with Crippen LogP contribution in [0.5, 0.6) is 17.2 Å². The minimum absolute atomic E-state index is 0.225. The molecule has 2 aromatic carbocycles. The third-order valence-electron chi connectivity index (χ3n) is 3.12. The molecule has 1 heterocycles. The Morgan fingerprint density at radius 3 is 2.67 bits per heavy atom. The number of carbonyl (C=O) groups is 1. The van der Waals surface area contributed by atoms with Crippen molar-refractivity contribution >= 4 is 11.6 Å². The number of amides is 1. The molecule has 1 aliphatic rings. The maximum absolute atomic E-state index is 12.3. The standard InChI is InChI=1S/C16H15NO4/c1-19-13-9-11(10-14-15(13)21-8-7-20-14)16(18)17-12-5-3-2-4-6-12/h2-6,9-10H,7-8H2,1H3,(H,17,18).